The van der Waals surface area contributed by atoms with Crippen molar-refractivity contribution >= 4 is 40.8 Å². The summed E-state index contributed by atoms with van der Waals surface area (Å²) in [5.74, 6) is -0.649. The zero-order valence-corrected chi connectivity index (χ0v) is 15.2. The number of hydrogen-bond acceptors (Lipinski definition) is 4. The van der Waals surface area contributed by atoms with E-state index in [1.165, 1.54) is 0 Å². The second-order valence-electron chi connectivity index (χ2n) is 5.70. The van der Waals surface area contributed by atoms with Crippen LogP contribution in [0, 0.1) is 0 Å². The van der Waals surface area contributed by atoms with E-state index in [0.717, 1.165) is 0 Å². The molecule has 0 radical (unpaired) electrons. The molecular formula is C18H17Cl2NO4. The maximum atomic E-state index is 12.2. The summed E-state index contributed by atoms with van der Waals surface area (Å²) in [6.07, 6.45) is 0. The zero-order chi connectivity index (χ0) is 18.4. The van der Waals surface area contributed by atoms with Gasteiger partial charge in [-0.1, -0.05) is 23.2 Å². The standard InChI is InChI=1S/C18H17Cl2NO4/c1-18(2,25-15-9-5-13(20)6-10-15)17(23)24-11-16(22)21-14-7-3-12(19)4-8-14/h3-10H,11H2,1-2H3,(H,21,22). The van der Waals surface area contributed by atoms with Crippen molar-refractivity contribution in [3.05, 3.63) is 58.6 Å². The van der Waals surface area contributed by atoms with E-state index in [1.807, 2.05) is 0 Å². The van der Waals surface area contributed by atoms with Crippen LogP contribution in [0.2, 0.25) is 10.0 Å². The maximum absolute atomic E-state index is 12.2. The molecule has 0 aliphatic carbocycles. The predicted molar refractivity (Wildman–Crippen MR) is 97.2 cm³/mol. The number of amides is 1. The van der Waals surface area contributed by atoms with Gasteiger partial charge in [0.05, 0.1) is 0 Å². The van der Waals surface area contributed by atoms with Gasteiger partial charge in [-0.05, 0) is 62.4 Å². The highest BCUT2D eigenvalue weighted by Gasteiger charge is 2.32. The fourth-order valence-corrected chi connectivity index (χ4v) is 2.13. The lowest BCUT2D eigenvalue weighted by molar-refractivity contribution is -0.161. The molecule has 0 saturated heterocycles. The molecule has 2 rings (SSSR count). The Labute approximate surface area is 155 Å². The van der Waals surface area contributed by atoms with Crippen molar-refractivity contribution < 1.29 is 19.1 Å². The van der Waals surface area contributed by atoms with E-state index in [4.69, 9.17) is 32.7 Å². The highest BCUT2D eigenvalue weighted by molar-refractivity contribution is 6.30. The van der Waals surface area contributed by atoms with E-state index >= 15 is 0 Å². The van der Waals surface area contributed by atoms with Gasteiger partial charge in [-0.25, -0.2) is 4.79 Å². The fraction of sp³-hybridized carbons (Fsp3) is 0.222. The number of benzene rings is 2. The maximum Gasteiger partial charge on any atom is 0.350 e. The summed E-state index contributed by atoms with van der Waals surface area (Å²) in [6, 6.07) is 13.2. The second-order valence-corrected chi connectivity index (χ2v) is 6.57. The van der Waals surface area contributed by atoms with Gasteiger partial charge in [0, 0.05) is 15.7 Å². The summed E-state index contributed by atoms with van der Waals surface area (Å²) >= 11 is 11.6. The van der Waals surface area contributed by atoms with E-state index < -0.39 is 24.1 Å². The van der Waals surface area contributed by atoms with Gasteiger partial charge in [0.25, 0.3) is 5.91 Å². The van der Waals surface area contributed by atoms with Crippen LogP contribution in [-0.4, -0.2) is 24.1 Å². The number of rotatable bonds is 6. The Kier molecular flexibility index (Phi) is 6.28. The topological polar surface area (TPSA) is 64.6 Å². The Bertz CT molecular complexity index is 743. The molecule has 132 valence electrons. The summed E-state index contributed by atoms with van der Waals surface area (Å²) in [5.41, 5.74) is -0.698. The third-order valence-electron chi connectivity index (χ3n) is 3.14. The predicted octanol–water partition coefficient (Wildman–Crippen LogP) is 4.33. The molecule has 1 amide bonds. The molecule has 0 heterocycles. The molecule has 0 spiro atoms. The first-order valence-electron chi connectivity index (χ1n) is 7.43. The van der Waals surface area contributed by atoms with Gasteiger partial charge >= 0.3 is 5.97 Å². The molecule has 1 N–H and O–H groups in total. The SMILES string of the molecule is CC(C)(Oc1ccc(Cl)cc1)C(=O)OCC(=O)Nc1ccc(Cl)cc1. The number of carbonyl (C=O) groups excluding carboxylic acids is 2. The van der Waals surface area contributed by atoms with Crippen molar-refractivity contribution in [2.45, 2.75) is 19.4 Å². The van der Waals surface area contributed by atoms with Crippen LogP contribution in [0.15, 0.2) is 48.5 Å². The Hall–Kier alpha value is -2.24. The largest absolute Gasteiger partial charge is 0.476 e. The summed E-state index contributed by atoms with van der Waals surface area (Å²) in [6.45, 7) is 2.69. The number of halogens is 2. The minimum Gasteiger partial charge on any atom is -0.476 e. The normalized spacial score (nSPS) is 10.9. The van der Waals surface area contributed by atoms with Crippen LogP contribution in [0.25, 0.3) is 0 Å². The first-order chi connectivity index (χ1) is 11.8. The van der Waals surface area contributed by atoms with Crippen molar-refractivity contribution in [3.8, 4) is 5.75 Å². The zero-order valence-electron chi connectivity index (χ0n) is 13.7. The lowest BCUT2D eigenvalue weighted by Crippen LogP contribution is -2.41. The summed E-state index contributed by atoms with van der Waals surface area (Å²) in [4.78, 5) is 24.0. The van der Waals surface area contributed by atoms with Crippen molar-refractivity contribution in [1.82, 2.24) is 0 Å². The smallest absolute Gasteiger partial charge is 0.350 e. The Morgan fingerprint density at radius 2 is 1.48 bits per heavy atom. The van der Waals surface area contributed by atoms with Gasteiger partial charge in [-0.3, -0.25) is 4.79 Å². The average molecular weight is 382 g/mol. The molecule has 0 fully saturated rings. The van der Waals surface area contributed by atoms with Crippen LogP contribution in [-0.2, 0) is 14.3 Å². The van der Waals surface area contributed by atoms with E-state index in [1.54, 1.807) is 62.4 Å². The van der Waals surface area contributed by atoms with Gasteiger partial charge in [0.2, 0.25) is 0 Å². The first-order valence-corrected chi connectivity index (χ1v) is 8.19. The summed E-state index contributed by atoms with van der Waals surface area (Å²) in [5, 5.41) is 3.72. The lowest BCUT2D eigenvalue weighted by Gasteiger charge is -2.24. The van der Waals surface area contributed by atoms with Crippen molar-refractivity contribution in [3.63, 3.8) is 0 Å². The molecule has 5 nitrogen and oxygen atoms in total. The van der Waals surface area contributed by atoms with Crippen LogP contribution in [0.4, 0.5) is 5.69 Å². The number of carbonyl (C=O) groups is 2. The molecule has 0 aromatic heterocycles. The fourth-order valence-electron chi connectivity index (χ4n) is 1.87. The van der Waals surface area contributed by atoms with Crippen molar-refractivity contribution in [1.29, 1.82) is 0 Å². The van der Waals surface area contributed by atoms with Crippen molar-refractivity contribution in [2.75, 3.05) is 11.9 Å². The average Bonchev–Trinajstić information content (AvgIpc) is 2.56. The number of esters is 1. The number of nitrogens with one attached hydrogen (secondary N) is 1. The molecule has 7 heteroatoms. The summed E-state index contributed by atoms with van der Waals surface area (Å²) in [7, 11) is 0. The van der Waals surface area contributed by atoms with Crippen LogP contribution in [0.3, 0.4) is 0 Å². The lowest BCUT2D eigenvalue weighted by atomic mass is 10.1. The molecule has 0 aliphatic heterocycles. The third kappa shape index (κ3) is 5.96. The van der Waals surface area contributed by atoms with Crippen molar-refractivity contribution in [2.24, 2.45) is 0 Å². The Morgan fingerprint density at radius 3 is 2.04 bits per heavy atom. The van der Waals surface area contributed by atoms with Gasteiger partial charge in [0.1, 0.15) is 5.75 Å². The van der Waals surface area contributed by atoms with E-state index in [-0.39, 0.29) is 0 Å². The molecule has 0 aliphatic rings. The van der Waals surface area contributed by atoms with Crippen LogP contribution >= 0.6 is 23.2 Å². The molecule has 0 unspecified atom stereocenters. The first kappa shape index (κ1) is 19.1. The van der Waals surface area contributed by atoms with Gasteiger partial charge < -0.3 is 14.8 Å². The number of hydrogen-bond donors (Lipinski definition) is 1. The number of anilines is 1. The van der Waals surface area contributed by atoms with Gasteiger partial charge in [-0.2, -0.15) is 0 Å². The van der Waals surface area contributed by atoms with E-state index in [2.05, 4.69) is 5.32 Å². The number of ether oxygens (including phenoxy) is 2. The van der Waals surface area contributed by atoms with Gasteiger partial charge in [-0.15, -0.1) is 0 Å². The second kappa shape index (κ2) is 8.23. The highest BCUT2D eigenvalue weighted by atomic mass is 35.5. The molecule has 0 bridgehead atoms. The molecule has 25 heavy (non-hydrogen) atoms. The Balaban J connectivity index is 1.86. The molecular weight excluding hydrogens is 365 g/mol. The quantitative estimate of drug-likeness (QED) is 0.756. The Morgan fingerprint density at radius 1 is 0.960 bits per heavy atom. The molecule has 0 saturated carbocycles. The van der Waals surface area contributed by atoms with E-state index in [9.17, 15) is 9.59 Å². The highest BCUT2D eigenvalue weighted by Crippen LogP contribution is 2.21. The summed E-state index contributed by atoms with van der Waals surface area (Å²) < 4.78 is 10.6. The monoisotopic (exact) mass is 381 g/mol. The van der Waals surface area contributed by atoms with Crippen LogP contribution in [0.1, 0.15) is 13.8 Å². The molecule has 0 atom stereocenters. The third-order valence-corrected chi connectivity index (χ3v) is 3.64. The minimum atomic E-state index is -1.26. The van der Waals surface area contributed by atoms with E-state index in [0.29, 0.717) is 21.5 Å². The van der Waals surface area contributed by atoms with Crippen LogP contribution in [0.5, 0.6) is 5.75 Å². The van der Waals surface area contributed by atoms with Crippen LogP contribution < -0.4 is 10.1 Å². The molecule has 2 aromatic carbocycles. The van der Waals surface area contributed by atoms with Gasteiger partial charge in [0.15, 0.2) is 12.2 Å². The molecule has 2 aromatic rings. The minimum absolute atomic E-state index is 0.422.